The van der Waals surface area contributed by atoms with Crippen LogP contribution >= 0.6 is 0 Å². The molecule has 2 aromatic carbocycles. The smallest absolute Gasteiger partial charge is 0.259 e. The Morgan fingerprint density at radius 3 is 2.57 bits per heavy atom. The lowest BCUT2D eigenvalue weighted by Crippen LogP contribution is -2.38. The third kappa shape index (κ3) is 3.49. The molecule has 5 nitrogen and oxygen atoms in total. The van der Waals surface area contributed by atoms with E-state index in [0.717, 1.165) is 35.7 Å². The number of aryl methyl sites for hydroxylation is 2. The topological polar surface area (TPSA) is 41.4 Å². The maximum Gasteiger partial charge on any atom is 0.259 e. The van der Waals surface area contributed by atoms with E-state index in [4.69, 9.17) is 5.10 Å². The van der Waals surface area contributed by atoms with Crippen LogP contribution in [0.4, 0.5) is 11.5 Å². The summed E-state index contributed by atoms with van der Waals surface area (Å²) in [6.07, 6.45) is 0.901. The molecule has 30 heavy (non-hydrogen) atoms. The maximum atomic E-state index is 13.6. The third-order valence-electron chi connectivity index (χ3n) is 5.81. The minimum absolute atomic E-state index is 0.0304. The van der Waals surface area contributed by atoms with Gasteiger partial charge in [-0.3, -0.25) is 9.69 Å². The molecule has 0 N–H and O–H groups in total. The Labute approximate surface area is 178 Å². The fourth-order valence-electron chi connectivity index (χ4n) is 4.30. The molecule has 0 aliphatic carbocycles. The van der Waals surface area contributed by atoms with Crippen LogP contribution in [0.25, 0.3) is 11.1 Å². The van der Waals surface area contributed by atoms with E-state index < -0.39 is 0 Å². The first-order valence-electron chi connectivity index (χ1n) is 10.6. The number of carbonyl (C=O) groups excluding carboxylic acids is 1. The molecule has 0 atom stereocenters. The summed E-state index contributed by atoms with van der Waals surface area (Å²) in [7, 11) is 3.98. The van der Waals surface area contributed by atoms with E-state index in [9.17, 15) is 4.79 Å². The largest absolute Gasteiger partial charge is 0.378 e. The van der Waals surface area contributed by atoms with Crippen LogP contribution < -0.4 is 9.80 Å². The first-order chi connectivity index (χ1) is 14.4. The van der Waals surface area contributed by atoms with Crippen LogP contribution in [0.15, 0.2) is 48.5 Å². The number of amides is 1. The Bertz CT molecular complexity index is 1080. The minimum Gasteiger partial charge on any atom is -0.378 e. The molecule has 2 heterocycles. The molecule has 0 saturated heterocycles. The minimum atomic E-state index is 0.0304. The lowest BCUT2D eigenvalue weighted by atomic mass is 9.92. The summed E-state index contributed by atoms with van der Waals surface area (Å²) >= 11 is 0. The summed E-state index contributed by atoms with van der Waals surface area (Å²) in [5.41, 5.74) is 6.23. The third-order valence-corrected chi connectivity index (χ3v) is 5.81. The zero-order valence-corrected chi connectivity index (χ0v) is 18.5. The van der Waals surface area contributed by atoms with Crippen molar-refractivity contribution < 1.29 is 4.79 Å². The zero-order valence-electron chi connectivity index (χ0n) is 18.5. The molecule has 0 fully saturated rings. The van der Waals surface area contributed by atoms with E-state index in [1.54, 1.807) is 0 Å². The van der Waals surface area contributed by atoms with Gasteiger partial charge in [-0.2, -0.15) is 5.10 Å². The van der Waals surface area contributed by atoms with Crippen LogP contribution in [0.1, 0.15) is 47.8 Å². The van der Waals surface area contributed by atoms with Crippen LogP contribution in [0.2, 0.25) is 0 Å². The van der Waals surface area contributed by atoms with Crippen molar-refractivity contribution in [2.24, 2.45) is 0 Å². The van der Waals surface area contributed by atoms with Gasteiger partial charge in [0.25, 0.3) is 5.91 Å². The van der Waals surface area contributed by atoms with Gasteiger partial charge in [0.05, 0.1) is 5.69 Å². The molecule has 1 amide bonds. The molecule has 156 valence electrons. The van der Waals surface area contributed by atoms with Gasteiger partial charge in [0, 0.05) is 44.0 Å². The molecule has 5 heteroatoms. The highest BCUT2D eigenvalue weighted by Gasteiger charge is 2.31. The van der Waals surface area contributed by atoms with Gasteiger partial charge in [0.15, 0.2) is 0 Å². The number of benzene rings is 2. The molecular formula is C25H30N4O. The highest BCUT2D eigenvalue weighted by Crippen LogP contribution is 2.40. The predicted molar refractivity (Wildman–Crippen MR) is 124 cm³/mol. The molecule has 1 aliphatic heterocycles. The van der Waals surface area contributed by atoms with Crippen molar-refractivity contribution in [1.82, 2.24) is 9.78 Å². The molecule has 0 bridgehead atoms. The average molecular weight is 403 g/mol. The molecule has 0 spiro atoms. The van der Waals surface area contributed by atoms with Gasteiger partial charge in [-0.1, -0.05) is 44.2 Å². The van der Waals surface area contributed by atoms with Crippen LogP contribution in [0.5, 0.6) is 0 Å². The Morgan fingerprint density at radius 1 is 1.07 bits per heavy atom. The van der Waals surface area contributed by atoms with Crippen LogP contribution in [-0.4, -0.2) is 36.3 Å². The monoisotopic (exact) mass is 402 g/mol. The summed E-state index contributed by atoms with van der Waals surface area (Å²) in [5, 5.41) is 4.81. The van der Waals surface area contributed by atoms with Crippen molar-refractivity contribution in [3.63, 3.8) is 0 Å². The standard InChI is InChI=1S/C25H30N4O/c1-17(2)21-12-6-7-13-22(21)23-18(3)26-29-15-9-14-28(24(23)29)25(30)19-10-8-11-20(16-19)27(4)5/h6-8,10-13,16-17H,9,14-15H2,1-5H3. The van der Waals surface area contributed by atoms with Gasteiger partial charge >= 0.3 is 0 Å². The van der Waals surface area contributed by atoms with Gasteiger partial charge < -0.3 is 4.90 Å². The Hall–Kier alpha value is -3.08. The summed E-state index contributed by atoms with van der Waals surface area (Å²) in [4.78, 5) is 17.6. The Kier molecular flexibility index (Phi) is 5.37. The number of hydrogen-bond donors (Lipinski definition) is 0. The highest BCUT2D eigenvalue weighted by atomic mass is 16.2. The van der Waals surface area contributed by atoms with E-state index in [1.807, 2.05) is 59.8 Å². The maximum absolute atomic E-state index is 13.6. The van der Waals surface area contributed by atoms with Gasteiger partial charge in [0.1, 0.15) is 5.82 Å². The number of carbonyl (C=O) groups is 1. The number of fused-ring (bicyclic) bond motifs is 1. The van der Waals surface area contributed by atoms with Crippen molar-refractivity contribution in [3.05, 3.63) is 65.4 Å². The summed E-state index contributed by atoms with van der Waals surface area (Å²) < 4.78 is 2.01. The second-order valence-corrected chi connectivity index (χ2v) is 8.50. The van der Waals surface area contributed by atoms with Crippen molar-refractivity contribution in [3.8, 4) is 11.1 Å². The van der Waals surface area contributed by atoms with E-state index in [-0.39, 0.29) is 5.91 Å². The molecule has 0 saturated carbocycles. The molecule has 4 rings (SSSR count). The van der Waals surface area contributed by atoms with Crippen LogP contribution in [0, 0.1) is 6.92 Å². The molecule has 0 unspecified atom stereocenters. The quantitative estimate of drug-likeness (QED) is 0.610. The molecule has 1 aliphatic rings. The summed E-state index contributed by atoms with van der Waals surface area (Å²) in [6, 6.07) is 16.3. The number of hydrogen-bond acceptors (Lipinski definition) is 3. The number of anilines is 2. The lowest BCUT2D eigenvalue weighted by molar-refractivity contribution is 0.0981. The summed E-state index contributed by atoms with van der Waals surface area (Å²) in [5.74, 6) is 1.34. The number of nitrogens with zero attached hydrogens (tertiary/aromatic N) is 4. The highest BCUT2D eigenvalue weighted by molar-refractivity contribution is 6.08. The molecular weight excluding hydrogens is 372 g/mol. The van der Waals surface area contributed by atoms with Crippen molar-refractivity contribution >= 4 is 17.4 Å². The first kappa shape index (κ1) is 20.2. The van der Waals surface area contributed by atoms with E-state index in [0.29, 0.717) is 18.0 Å². The van der Waals surface area contributed by atoms with Crippen molar-refractivity contribution in [2.75, 3.05) is 30.4 Å². The van der Waals surface area contributed by atoms with Gasteiger partial charge in [-0.05, 0) is 48.6 Å². The fourth-order valence-corrected chi connectivity index (χ4v) is 4.30. The first-order valence-corrected chi connectivity index (χ1v) is 10.6. The van der Waals surface area contributed by atoms with E-state index in [2.05, 4.69) is 38.1 Å². The number of aromatic nitrogens is 2. The van der Waals surface area contributed by atoms with Crippen LogP contribution in [0.3, 0.4) is 0 Å². The van der Waals surface area contributed by atoms with Gasteiger partial charge in [0.2, 0.25) is 0 Å². The molecule has 0 radical (unpaired) electrons. The fraction of sp³-hybridized carbons (Fsp3) is 0.360. The normalized spacial score (nSPS) is 13.5. The molecule has 1 aromatic heterocycles. The SMILES string of the molecule is Cc1nn2c(c1-c1ccccc1C(C)C)N(C(=O)c1cccc(N(C)C)c1)CCC2. The Morgan fingerprint density at radius 2 is 1.83 bits per heavy atom. The number of rotatable bonds is 4. The van der Waals surface area contributed by atoms with Crippen molar-refractivity contribution in [1.29, 1.82) is 0 Å². The van der Waals surface area contributed by atoms with Gasteiger partial charge in [-0.25, -0.2) is 4.68 Å². The molecule has 3 aromatic rings. The van der Waals surface area contributed by atoms with Crippen molar-refractivity contribution in [2.45, 2.75) is 39.7 Å². The Balaban J connectivity index is 1.84. The average Bonchev–Trinajstić information content (AvgIpc) is 3.08. The second-order valence-electron chi connectivity index (χ2n) is 8.50. The predicted octanol–water partition coefficient (Wildman–Crippen LogP) is 5.10. The van der Waals surface area contributed by atoms with E-state index in [1.165, 1.54) is 11.1 Å². The van der Waals surface area contributed by atoms with E-state index >= 15 is 0 Å². The summed E-state index contributed by atoms with van der Waals surface area (Å²) in [6.45, 7) is 8.00. The van der Waals surface area contributed by atoms with Crippen LogP contribution in [-0.2, 0) is 6.54 Å². The lowest BCUT2D eigenvalue weighted by Gasteiger charge is -2.30. The second kappa shape index (κ2) is 7.98. The zero-order chi connectivity index (χ0) is 21.4. The van der Waals surface area contributed by atoms with Gasteiger partial charge in [-0.15, -0.1) is 0 Å².